The minimum Gasteiger partial charge on any atom is -0.495 e. The normalized spacial score (nSPS) is 28.6. The van der Waals surface area contributed by atoms with Gasteiger partial charge in [-0.3, -0.25) is 9.88 Å². The summed E-state index contributed by atoms with van der Waals surface area (Å²) >= 11 is 3.54. The van der Waals surface area contributed by atoms with Crippen molar-refractivity contribution >= 4 is 22.0 Å². The van der Waals surface area contributed by atoms with Gasteiger partial charge >= 0.3 is 6.09 Å². The number of amides is 1. The standard InChI is InChI=1S/C33H38BrN3O6/c1-31(2,3)43-30(39)37-16-14-36(15-17-37)20-24-27(21-8-6-5-7-9-21)33(22-10-12-23(34)13-11-22)32(40,29(24)38)28-25(41-4)18-35-19-26(28)42-33/h5-13,18-19,24,27,29,38,40H,14-17,20H2,1-4H3/t24-,27-,29-,32+,33+/m1/s1. The number of pyridine rings is 1. The molecule has 2 aliphatic heterocycles. The number of aliphatic hydroxyl groups excluding tert-OH is 1. The van der Waals surface area contributed by atoms with Crippen molar-refractivity contribution < 1.29 is 29.2 Å². The van der Waals surface area contributed by atoms with Crippen molar-refractivity contribution in [3.63, 3.8) is 0 Å². The van der Waals surface area contributed by atoms with Crippen molar-refractivity contribution in [1.82, 2.24) is 14.8 Å². The van der Waals surface area contributed by atoms with E-state index in [1.165, 1.54) is 7.11 Å². The lowest BCUT2D eigenvalue weighted by Gasteiger charge is -2.41. The molecule has 0 unspecified atom stereocenters. The summed E-state index contributed by atoms with van der Waals surface area (Å²) in [6.07, 6.45) is 1.58. The number of methoxy groups -OCH3 is 1. The maximum atomic E-state index is 13.0. The molecule has 3 aromatic rings. The lowest BCUT2D eigenvalue weighted by molar-refractivity contribution is -0.152. The fraction of sp³-hybridized carbons (Fsp3) is 0.455. The first-order valence-corrected chi connectivity index (χ1v) is 15.4. The highest BCUT2D eigenvalue weighted by atomic mass is 79.9. The van der Waals surface area contributed by atoms with Crippen LogP contribution in [0.25, 0.3) is 0 Å². The van der Waals surface area contributed by atoms with Crippen LogP contribution in [0.5, 0.6) is 11.5 Å². The Morgan fingerprint density at radius 2 is 1.74 bits per heavy atom. The third-order valence-corrected chi connectivity index (χ3v) is 9.47. The van der Waals surface area contributed by atoms with Crippen LogP contribution in [-0.4, -0.2) is 82.6 Å². The smallest absolute Gasteiger partial charge is 0.410 e. The van der Waals surface area contributed by atoms with E-state index < -0.39 is 34.7 Å². The largest absolute Gasteiger partial charge is 0.495 e. The van der Waals surface area contributed by atoms with Crippen molar-refractivity contribution in [2.24, 2.45) is 5.92 Å². The van der Waals surface area contributed by atoms with Crippen LogP contribution in [0.3, 0.4) is 0 Å². The maximum Gasteiger partial charge on any atom is 0.410 e. The van der Waals surface area contributed by atoms with Crippen LogP contribution >= 0.6 is 15.9 Å². The molecule has 228 valence electrons. The van der Waals surface area contributed by atoms with Crippen molar-refractivity contribution in [3.8, 4) is 11.5 Å². The van der Waals surface area contributed by atoms with Crippen LogP contribution in [0.15, 0.2) is 71.5 Å². The third kappa shape index (κ3) is 4.88. The van der Waals surface area contributed by atoms with Gasteiger partial charge in [-0.1, -0.05) is 58.4 Å². The first-order chi connectivity index (χ1) is 20.5. The van der Waals surface area contributed by atoms with Gasteiger partial charge in [0.1, 0.15) is 17.1 Å². The molecule has 3 heterocycles. The Morgan fingerprint density at radius 3 is 2.37 bits per heavy atom. The molecular weight excluding hydrogens is 614 g/mol. The summed E-state index contributed by atoms with van der Waals surface area (Å²) in [5.41, 5.74) is -1.71. The number of carbonyl (C=O) groups excluding carboxylic acids is 1. The minimum atomic E-state index is -1.85. The van der Waals surface area contributed by atoms with E-state index in [1.807, 2.05) is 75.4 Å². The molecule has 2 N–H and O–H groups in total. The average molecular weight is 653 g/mol. The van der Waals surface area contributed by atoms with E-state index in [2.05, 4.69) is 25.8 Å². The van der Waals surface area contributed by atoms with Gasteiger partial charge in [-0.05, 0) is 44.0 Å². The number of carbonyl (C=O) groups is 1. The second-order valence-corrected chi connectivity index (χ2v) is 13.5. The number of halogens is 1. The third-order valence-electron chi connectivity index (χ3n) is 8.94. The molecule has 43 heavy (non-hydrogen) atoms. The molecular formula is C33H38BrN3O6. The molecule has 2 fully saturated rings. The zero-order valence-corrected chi connectivity index (χ0v) is 26.5. The summed E-state index contributed by atoms with van der Waals surface area (Å²) in [5.74, 6) is -0.142. The Balaban J connectivity index is 1.42. The molecule has 9 nitrogen and oxygen atoms in total. The highest BCUT2D eigenvalue weighted by molar-refractivity contribution is 9.10. The molecule has 1 aromatic heterocycles. The molecule has 0 radical (unpaired) electrons. The molecule has 0 bridgehead atoms. The van der Waals surface area contributed by atoms with Crippen LogP contribution in [-0.2, 0) is 15.9 Å². The quantitative estimate of drug-likeness (QED) is 0.411. The van der Waals surface area contributed by atoms with E-state index in [1.54, 1.807) is 17.3 Å². The van der Waals surface area contributed by atoms with Crippen LogP contribution < -0.4 is 9.47 Å². The van der Waals surface area contributed by atoms with Gasteiger partial charge in [-0.25, -0.2) is 4.79 Å². The minimum absolute atomic E-state index is 0.320. The Labute approximate surface area is 260 Å². The number of hydrogen-bond acceptors (Lipinski definition) is 8. The number of piperazine rings is 1. The first kappa shape index (κ1) is 29.9. The second kappa shape index (κ2) is 11.1. The summed E-state index contributed by atoms with van der Waals surface area (Å²) in [6.45, 7) is 8.30. The summed E-state index contributed by atoms with van der Waals surface area (Å²) in [7, 11) is 1.53. The van der Waals surface area contributed by atoms with Crippen molar-refractivity contribution in [3.05, 3.63) is 88.2 Å². The Kier molecular flexibility index (Phi) is 7.69. The highest BCUT2D eigenvalue weighted by Crippen LogP contribution is 2.69. The van der Waals surface area contributed by atoms with Gasteiger partial charge in [0.2, 0.25) is 0 Å². The zero-order valence-electron chi connectivity index (χ0n) is 24.9. The fourth-order valence-electron chi connectivity index (χ4n) is 7.17. The topological polar surface area (TPSA) is 105 Å². The summed E-state index contributed by atoms with van der Waals surface area (Å²) < 4.78 is 19.1. The van der Waals surface area contributed by atoms with Crippen molar-refractivity contribution in [2.45, 2.75) is 49.6 Å². The SMILES string of the molecule is COc1cncc2c1[C@]1(O)[C@H](O)[C@H](CN3CCN(C(=O)OC(C)(C)C)CC3)[C@@H](c3ccccc3)[C@]1(c1ccc(Br)cc1)O2. The van der Waals surface area contributed by atoms with Crippen LogP contribution in [0.4, 0.5) is 4.79 Å². The predicted molar refractivity (Wildman–Crippen MR) is 164 cm³/mol. The summed E-state index contributed by atoms with van der Waals surface area (Å²) in [5, 5.41) is 25.4. The number of aliphatic hydroxyl groups is 2. The number of fused-ring (bicyclic) bond motifs is 3. The monoisotopic (exact) mass is 651 g/mol. The molecule has 1 saturated carbocycles. The Hall–Kier alpha value is -3.18. The van der Waals surface area contributed by atoms with E-state index in [0.717, 1.165) is 15.6 Å². The number of rotatable bonds is 5. The fourth-order valence-corrected chi connectivity index (χ4v) is 7.44. The van der Waals surface area contributed by atoms with Gasteiger partial charge < -0.3 is 29.3 Å². The average Bonchev–Trinajstić information content (AvgIpc) is 3.36. The molecule has 0 spiro atoms. The lowest BCUT2D eigenvalue weighted by atomic mass is 9.70. The van der Waals surface area contributed by atoms with E-state index in [0.29, 0.717) is 49.8 Å². The van der Waals surface area contributed by atoms with Gasteiger partial charge in [0.15, 0.2) is 11.2 Å². The molecule has 3 aliphatic rings. The van der Waals surface area contributed by atoms with Gasteiger partial charge in [-0.2, -0.15) is 0 Å². The van der Waals surface area contributed by atoms with Gasteiger partial charge in [0, 0.05) is 49.0 Å². The molecule has 5 atom stereocenters. The zero-order chi connectivity index (χ0) is 30.6. The van der Waals surface area contributed by atoms with E-state index in [9.17, 15) is 15.0 Å². The Bertz CT molecular complexity index is 1470. The second-order valence-electron chi connectivity index (χ2n) is 12.6. The van der Waals surface area contributed by atoms with Crippen molar-refractivity contribution in [1.29, 1.82) is 0 Å². The van der Waals surface area contributed by atoms with E-state index >= 15 is 0 Å². The van der Waals surface area contributed by atoms with Crippen molar-refractivity contribution in [2.75, 3.05) is 39.8 Å². The summed E-state index contributed by atoms with van der Waals surface area (Å²) in [4.78, 5) is 21.0. The molecule has 6 rings (SSSR count). The molecule has 1 saturated heterocycles. The van der Waals surface area contributed by atoms with E-state index in [-0.39, 0.29) is 6.09 Å². The number of benzene rings is 2. The van der Waals surface area contributed by atoms with Crippen LogP contribution in [0.1, 0.15) is 43.4 Å². The van der Waals surface area contributed by atoms with Gasteiger partial charge in [-0.15, -0.1) is 0 Å². The molecule has 1 aliphatic carbocycles. The number of aromatic nitrogens is 1. The number of hydrogen-bond donors (Lipinski definition) is 2. The molecule has 1 amide bonds. The van der Waals surface area contributed by atoms with Crippen LogP contribution in [0, 0.1) is 5.92 Å². The first-order valence-electron chi connectivity index (χ1n) is 14.6. The maximum absolute atomic E-state index is 13.0. The Morgan fingerprint density at radius 1 is 1.07 bits per heavy atom. The summed E-state index contributed by atoms with van der Waals surface area (Å²) in [6, 6.07) is 17.7. The highest BCUT2D eigenvalue weighted by Gasteiger charge is 2.76. The van der Waals surface area contributed by atoms with E-state index in [4.69, 9.17) is 14.2 Å². The lowest BCUT2D eigenvalue weighted by Crippen LogP contribution is -2.52. The number of ether oxygens (including phenoxy) is 3. The predicted octanol–water partition coefficient (Wildman–Crippen LogP) is 4.66. The van der Waals surface area contributed by atoms with Gasteiger partial charge in [0.25, 0.3) is 0 Å². The number of nitrogens with zero attached hydrogens (tertiary/aromatic N) is 3. The molecule has 2 aromatic carbocycles. The van der Waals surface area contributed by atoms with Crippen LogP contribution in [0.2, 0.25) is 0 Å². The van der Waals surface area contributed by atoms with Gasteiger partial charge in [0.05, 0.1) is 31.2 Å². The molecule has 10 heteroatoms.